The Kier molecular flexibility index (Phi) is 3.60. The van der Waals surface area contributed by atoms with Crippen LogP contribution in [0.15, 0.2) is 42.7 Å². The molecule has 0 radical (unpaired) electrons. The highest BCUT2D eigenvalue weighted by molar-refractivity contribution is 5.64. The summed E-state index contributed by atoms with van der Waals surface area (Å²) in [6, 6.07) is 8.08. The normalized spacial score (nSPS) is 22.9. The van der Waals surface area contributed by atoms with Crippen molar-refractivity contribution in [2.24, 2.45) is 0 Å². The summed E-state index contributed by atoms with van der Waals surface area (Å²) in [5, 5.41) is 6.59. The van der Waals surface area contributed by atoms with Crippen molar-refractivity contribution in [3.63, 3.8) is 0 Å². The SMILES string of the molecule is FC(F)(F)c1ccc(Nc2cncc(N3CC4CC(C3)N4)c2)cc1. The van der Waals surface area contributed by atoms with E-state index in [2.05, 4.69) is 20.5 Å². The zero-order valence-electron chi connectivity index (χ0n) is 12.8. The van der Waals surface area contributed by atoms with Crippen molar-refractivity contribution in [2.45, 2.75) is 24.7 Å². The molecule has 126 valence electrons. The van der Waals surface area contributed by atoms with E-state index in [1.807, 2.05) is 12.3 Å². The minimum Gasteiger partial charge on any atom is -0.367 e. The van der Waals surface area contributed by atoms with Crippen LogP contribution in [-0.4, -0.2) is 30.2 Å². The average Bonchev–Trinajstić information content (AvgIpc) is 2.54. The summed E-state index contributed by atoms with van der Waals surface area (Å²) < 4.78 is 37.8. The van der Waals surface area contributed by atoms with Crippen molar-refractivity contribution in [3.05, 3.63) is 48.3 Å². The number of hydrogen-bond acceptors (Lipinski definition) is 4. The third-order valence-electron chi connectivity index (χ3n) is 4.51. The molecule has 2 aromatic rings. The lowest BCUT2D eigenvalue weighted by atomic mass is 9.91. The van der Waals surface area contributed by atoms with Crippen LogP contribution in [0, 0.1) is 0 Å². The summed E-state index contributed by atoms with van der Waals surface area (Å²) >= 11 is 0. The predicted molar refractivity (Wildman–Crippen MR) is 86.5 cm³/mol. The van der Waals surface area contributed by atoms with Gasteiger partial charge < -0.3 is 15.5 Å². The van der Waals surface area contributed by atoms with Crippen LogP contribution in [0.5, 0.6) is 0 Å². The van der Waals surface area contributed by atoms with Crippen LogP contribution in [0.25, 0.3) is 0 Å². The first-order chi connectivity index (χ1) is 11.5. The lowest BCUT2D eigenvalue weighted by molar-refractivity contribution is -0.137. The monoisotopic (exact) mass is 334 g/mol. The highest BCUT2D eigenvalue weighted by atomic mass is 19.4. The zero-order valence-corrected chi connectivity index (χ0v) is 12.8. The highest BCUT2D eigenvalue weighted by Crippen LogP contribution is 2.31. The van der Waals surface area contributed by atoms with E-state index in [-0.39, 0.29) is 0 Å². The molecule has 2 bridgehead atoms. The van der Waals surface area contributed by atoms with Crippen molar-refractivity contribution in [1.82, 2.24) is 10.3 Å². The smallest absolute Gasteiger partial charge is 0.367 e. The molecule has 4 heterocycles. The summed E-state index contributed by atoms with van der Waals surface area (Å²) in [7, 11) is 0. The second kappa shape index (κ2) is 5.66. The van der Waals surface area contributed by atoms with E-state index in [0.717, 1.165) is 36.6 Å². The fourth-order valence-corrected chi connectivity index (χ4v) is 3.30. The summed E-state index contributed by atoms with van der Waals surface area (Å²) in [5.74, 6) is 0. The first-order valence-corrected chi connectivity index (χ1v) is 7.88. The van der Waals surface area contributed by atoms with Gasteiger partial charge in [0, 0.05) is 30.9 Å². The standard InChI is InChI=1S/C17H17F3N4/c18-17(19,20)11-1-3-12(4-2-11)22-13-6-16(8-21-7-13)24-9-14-5-15(10-24)23-14/h1-4,6-8,14-15,22-23H,5,9-10H2. The number of aromatic nitrogens is 1. The van der Waals surface area contributed by atoms with Gasteiger partial charge in [0.1, 0.15) is 0 Å². The largest absolute Gasteiger partial charge is 0.416 e. The van der Waals surface area contributed by atoms with E-state index < -0.39 is 11.7 Å². The molecule has 7 heteroatoms. The molecular weight excluding hydrogens is 317 g/mol. The quantitative estimate of drug-likeness (QED) is 0.903. The van der Waals surface area contributed by atoms with Gasteiger partial charge in [-0.2, -0.15) is 13.2 Å². The Morgan fingerprint density at radius 3 is 2.33 bits per heavy atom. The average molecular weight is 334 g/mol. The number of nitrogens with one attached hydrogen (secondary N) is 2. The van der Waals surface area contributed by atoms with Gasteiger partial charge in [-0.05, 0) is 36.8 Å². The molecule has 0 spiro atoms. The number of benzene rings is 1. The fourth-order valence-electron chi connectivity index (χ4n) is 3.30. The third-order valence-corrected chi connectivity index (χ3v) is 4.51. The fraction of sp³-hybridized carbons (Fsp3) is 0.353. The second-order valence-corrected chi connectivity index (χ2v) is 6.33. The van der Waals surface area contributed by atoms with Crippen molar-refractivity contribution in [1.29, 1.82) is 0 Å². The molecule has 5 rings (SSSR count). The van der Waals surface area contributed by atoms with Crippen molar-refractivity contribution in [3.8, 4) is 0 Å². The minimum atomic E-state index is -4.32. The molecule has 0 aliphatic carbocycles. The second-order valence-electron chi connectivity index (χ2n) is 6.33. The summed E-state index contributed by atoms with van der Waals surface area (Å²) in [5.41, 5.74) is 1.74. The first-order valence-electron chi connectivity index (χ1n) is 7.88. The maximum Gasteiger partial charge on any atom is 0.416 e. The molecular formula is C17H17F3N4. The molecule has 2 atom stereocenters. The molecule has 3 fully saturated rings. The van der Waals surface area contributed by atoms with E-state index >= 15 is 0 Å². The Hall–Kier alpha value is -2.28. The van der Waals surface area contributed by atoms with Gasteiger partial charge in [-0.15, -0.1) is 0 Å². The lowest BCUT2D eigenvalue weighted by Gasteiger charge is -2.49. The zero-order chi connectivity index (χ0) is 16.7. The molecule has 3 saturated heterocycles. The van der Waals surface area contributed by atoms with Gasteiger partial charge >= 0.3 is 6.18 Å². The van der Waals surface area contributed by atoms with Crippen molar-refractivity contribution >= 4 is 17.1 Å². The van der Waals surface area contributed by atoms with Gasteiger partial charge in [0.25, 0.3) is 0 Å². The van der Waals surface area contributed by atoms with E-state index in [1.54, 1.807) is 6.20 Å². The van der Waals surface area contributed by atoms with E-state index in [4.69, 9.17) is 0 Å². The number of halogens is 3. The number of hydrogen-bond donors (Lipinski definition) is 2. The van der Waals surface area contributed by atoms with Crippen LogP contribution in [0.3, 0.4) is 0 Å². The molecule has 3 aliphatic heterocycles. The minimum absolute atomic E-state index is 0.551. The van der Waals surface area contributed by atoms with Crippen LogP contribution in [0.4, 0.5) is 30.2 Å². The summed E-state index contributed by atoms with van der Waals surface area (Å²) in [6.45, 7) is 1.92. The van der Waals surface area contributed by atoms with E-state index in [0.29, 0.717) is 17.8 Å². The maximum absolute atomic E-state index is 12.6. The van der Waals surface area contributed by atoms with Crippen molar-refractivity contribution < 1.29 is 13.2 Å². The van der Waals surface area contributed by atoms with Crippen LogP contribution in [0.1, 0.15) is 12.0 Å². The molecule has 1 aromatic heterocycles. The van der Waals surface area contributed by atoms with E-state index in [1.165, 1.54) is 18.6 Å². The van der Waals surface area contributed by atoms with Crippen LogP contribution in [0.2, 0.25) is 0 Å². The Balaban J connectivity index is 1.48. The number of alkyl halides is 3. The predicted octanol–water partition coefficient (Wildman–Crippen LogP) is 3.39. The first kappa shape index (κ1) is 15.3. The number of anilines is 3. The van der Waals surface area contributed by atoms with Crippen molar-refractivity contribution in [2.75, 3.05) is 23.3 Å². The Labute approximate surface area is 137 Å². The number of rotatable bonds is 3. The molecule has 24 heavy (non-hydrogen) atoms. The Morgan fingerprint density at radius 2 is 1.71 bits per heavy atom. The molecule has 2 unspecified atom stereocenters. The number of pyridine rings is 1. The van der Waals surface area contributed by atoms with Gasteiger partial charge in [-0.3, -0.25) is 4.98 Å². The van der Waals surface area contributed by atoms with Gasteiger partial charge in [0.05, 0.1) is 29.3 Å². The number of fused-ring (bicyclic) bond motifs is 2. The molecule has 0 amide bonds. The lowest BCUT2D eigenvalue weighted by Crippen LogP contribution is -2.67. The third kappa shape index (κ3) is 3.03. The maximum atomic E-state index is 12.6. The molecule has 2 N–H and O–H groups in total. The highest BCUT2D eigenvalue weighted by Gasteiger charge is 2.36. The Morgan fingerprint density at radius 1 is 1.04 bits per heavy atom. The van der Waals surface area contributed by atoms with Gasteiger partial charge in [-0.1, -0.05) is 0 Å². The summed E-state index contributed by atoms with van der Waals surface area (Å²) in [4.78, 5) is 6.54. The topological polar surface area (TPSA) is 40.2 Å². The van der Waals surface area contributed by atoms with Crippen LogP contribution < -0.4 is 15.5 Å². The molecule has 1 aromatic carbocycles. The van der Waals surface area contributed by atoms with Gasteiger partial charge in [0.15, 0.2) is 0 Å². The molecule has 0 saturated carbocycles. The Bertz CT molecular complexity index is 713. The van der Waals surface area contributed by atoms with Crippen LogP contribution >= 0.6 is 0 Å². The van der Waals surface area contributed by atoms with Gasteiger partial charge in [-0.25, -0.2) is 0 Å². The number of piperazine rings is 1. The van der Waals surface area contributed by atoms with Crippen LogP contribution in [-0.2, 0) is 6.18 Å². The number of piperidine rings is 1. The summed E-state index contributed by atoms with van der Waals surface area (Å²) in [6.07, 6.45) is 0.406. The van der Waals surface area contributed by atoms with Gasteiger partial charge in [0.2, 0.25) is 0 Å². The number of nitrogens with zero attached hydrogens (tertiary/aromatic N) is 2. The molecule has 4 nitrogen and oxygen atoms in total. The van der Waals surface area contributed by atoms with E-state index in [9.17, 15) is 13.2 Å². The molecule has 3 aliphatic rings.